The van der Waals surface area contributed by atoms with Crippen molar-refractivity contribution in [2.24, 2.45) is 0 Å². The maximum absolute atomic E-state index is 12.5. The van der Waals surface area contributed by atoms with Crippen LogP contribution in [-0.4, -0.2) is 47.7 Å². The number of nitrogens with one attached hydrogen (secondary N) is 2. The molecule has 1 saturated carbocycles. The standard InChI is InChI=1S/C15H18ClN5O4S2/c1-20(25-2)27(23,24)12-7-9(3-6-11(12)16)14(22)17-8-13-18-19-15(26)21(13)10-4-5-10/h3,6-7,10H,4-5,8H2,1-2H3,(H,17,22)(H,19,26). The predicted octanol–water partition coefficient (Wildman–Crippen LogP) is 2.04. The van der Waals surface area contributed by atoms with E-state index in [1.807, 2.05) is 4.57 Å². The van der Waals surface area contributed by atoms with Gasteiger partial charge in [0.15, 0.2) is 10.6 Å². The summed E-state index contributed by atoms with van der Waals surface area (Å²) in [6, 6.07) is 4.33. The molecule has 0 radical (unpaired) electrons. The zero-order valence-electron chi connectivity index (χ0n) is 14.6. The molecule has 1 amide bonds. The molecule has 1 aliphatic carbocycles. The number of nitrogens with zero attached hydrogens (tertiary/aromatic N) is 3. The first-order valence-electron chi connectivity index (χ1n) is 8.02. The summed E-state index contributed by atoms with van der Waals surface area (Å²) in [5.74, 6) is 0.163. The van der Waals surface area contributed by atoms with Crippen molar-refractivity contribution in [3.05, 3.63) is 39.4 Å². The van der Waals surface area contributed by atoms with Gasteiger partial charge in [-0.15, -0.1) is 0 Å². The van der Waals surface area contributed by atoms with Gasteiger partial charge in [0, 0.05) is 18.7 Å². The number of hydrogen-bond donors (Lipinski definition) is 2. The third-order valence-corrected chi connectivity index (χ3v) is 6.61. The molecule has 1 fully saturated rings. The molecule has 0 spiro atoms. The van der Waals surface area contributed by atoms with E-state index >= 15 is 0 Å². The minimum atomic E-state index is -3.99. The van der Waals surface area contributed by atoms with Gasteiger partial charge in [0.1, 0.15) is 4.90 Å². The Morgan fingerprint density at radius 2 is 2.22 bits per heavy atom. The summed E-state index contributed by atoms with van der Waals surface area (Å²) in [5, 5.41) is 9.58. The number of aromatic amines is 1. The van der Waals surface area contributed by atoms with Crippen molar-refractivity contribution in [1.82, 2.24) is 24.5 Å². The van der Waals surface area contributed by atoms with E-state index in [0.29, 0.717) is 21.1 Å². The van der Waals surface area contributed by atoms with E-state index < -0.39 is 15.9 Å². The first kappa shape index (κ1) is 20.0. The third-order valence-electron chi connectivity index (χ3n) is 4.16. The predicted molar refractivity (Wildman–Crippen MR) is 100 cm³/mol. The maximum atomic E-state index is 12.5. The van der Waals surface area contributed by atoms with Gasteiger partial charge in [-0.05, 0) is 43.3 Å². The van der Waals surface area contributed by atoms with Gasteiger partial charge in [-0.1, -0.05) is 16.1 Å². The molecular weight excluding hydrogens is 414 g/mol. The Labute approximate surface area is 166 Å². The molecule has 1 aromatic heterocycles. The van der Waals surface area contributed by atoms with Gasteiger partial charge in [0.25, 0.3) is 15.9 Å². The molecule has 1 heterocycles. The number of H-pyrrole nitrogens is 1. The number of halogens is 1. The Balaban J connectivity index is 1.80. The van der Waals surface area contributed by atoms with E-state index in [9.17, 15) is 13.2 Å². The molecule has 2 aromatic rings. The number of rotatable bonds is 7. The number of sulfonamides is 1. The molecule has 2 N–H and O–H groups in total. The lowest BCUT2D eigenvalue weighted by Crippen LogP contribution is -2.27. The van der Waals surface area contributed by atoms with Crippen molar-refractivity contribution in [1.29, 1.82) is 0 Å². The van der Waals surface area contributed by atoms with Crippen molar-refractivity contribution < 1.29 is 18.0 Å². The maximum Gasteiger partial charge on any atom is 0.266 e. The molecule has 0 saturated heterocycles. The lowest BCUT2D eigenvalue weighted by Gasteiger charge is -2.16. The van der Waals surface area contributed by atoms with E-state index in [4.69, 9.17) is 28.7 Å². The second kappa shape index (κ2) is 7.68. The number of hydroxylamine groups is 1. The lowest BCUT2D eigenvalue weighted by molar-refractivity contribution is -0.0258. The minimum Gasteiger partial charge on any atom is -0.345 e. The quantitative estimate of drug-likeness (QED) is 0.513. The highest BCUT2D eigenvalue weighted by molar-refractivity contribution is 7.89. The number of carbonyl (C=O) groups is 1. The fraction of sp³-hybridized carbons (Fsp3) is 0.400. The zero-order chi connectivity index (χ0) is 19.8. The van der Waals surface area contributed by atoms with E-state index in [0.717, 1.165) is 12.8 Å². The lowest BCUT2D eigenvalue weighted by atomic mass is 10.2. The Kier molecular flexibility index (Phi) is 5.68. The summed E-state index contributed by atoms with van der Waals surface area (Å²) in [6.07, 6.45) is 2.06. The Hall–Kier alpha value is -1.79. The molecular formula is C15H18ClN5O4S2. The largest absolute Gasteiger partial charge is 0.345 e. The molecule has 27 heavy (non-hydrogen) atoms. The normalized spacial score (nSPS) is 14.5. The van der Waals surface area contributed by atoms with Crippen LogP contribution >= 0.6 is 23.8 Å². The molecule has 9 nitrogen and oxygen atoms in total. The van der Waals surface area contributed by atoms with Crippen LogP contribution in [0.25, 0.3) is 0 Å². The van der Waals surface area contributed by atoms with Gasteiger partial charge in [-0.2, -0.15) is 5.10 Å². The van der Waals surface area contributed by atoms with E-state index in [1.54, 1.807) is 0 Å². The van der Waals surface area contributed by atoms with Gasteiger partial charge < -0.3 is 5.32 Å². The molecule has 12 heteroatoms. The second-order valence-electron chi connectivity index (χ2n) is 5.97. The summed E-state index contributed by atoms with van der Waals surface area (Å²) in [5.41, 5.74) is 0.148. The Bertz CT molecular complexity index is 1030. The molecule has 1 aromatic carbocycles. The molecule has 0 aliphatic heterocycles. The monoisotopic (exact) mass is 431 g/mol. The number of benzene rings is 1. The molecule has 0 unspecified atom stereocenters. The van der Waals surface area contributed by atoms with Crippen LogP contribution in [0.1, 0.15) is 35.1 Å². The van der Waals surface area contributed by atoms with Crippen molar-refractivity contribution in [3.63, 3.8) is 0 Å². The Morgan fingerprint density at radius 3 is 2.85 bits per heavy atom. The van der Waals surface area contributed by atoms with Crippen LogP contribution in [0, 0.1) is 4.77 Å². The average molecular weight is 432 g/mol. The SMILES string of the molecule is CON(C)S(=O)(=O)c1cc(C(=O)NCc2n[nH]c(=S)n2C2CC2)ccc1Cl. The van der Waals surface area contributed by atoms with Gasteiger partial charge in [-0.3, -0.25) is 19.3 Å². The van der Waals surface area contributed by atoms with Crippen LogP contribution in [0.5, 0.6) is 0 Å². The molecule has 146 valence electrons. The first-order chi connectivity index (χ1) is 12.8. The minimum absolute atomic E-state index is 0.00919. The van der Waals surface area contributed by atoms with Gasteiger partial charge in [0.05, 0.1) is 18.7 Å². The highest BCUT2D eigenvalue weighted by Crippen LogP contribution is 2.35. The van der Waals surface area contributed by atoms with E-state index in [1.165, 1.54) is 32.4 Å². The first-order valence-corrected chi connectivity index (χ1v) is 10.2. The highest BCUT2D eigenvalue weighted by Gasteiger charge is 2.28. The smallest absolute Gasteiger partial charge is 0.266 e. The van der Waals surface area contributed by atoms with Gasteiger partial charge >= 0.3 is 0 Å². The molecule has 3 rings (SSSR count). The van der Waals surface area contributed by atoms with Crippen LogP contribution in [-0.2, 0) is 21.4 Å². The third kappa shape index (κ3) is 4.06. The fourth-order valence-electron chi connectivity index (χ4n) is 2.51. The average Bonchev–Trinajstić information content (AvgIpc) is 3.41. The molecule has 0 atom stereocenters. The van der Waals surface area contributed by atoms with Crippen molar-refractivity contribution in [2.75, 3.05) is 14.2 Å². The number of hydrogen-bond acceptors (Lipinski definition) is 6. The zero-order valence-corrected chi connectivity index (χ0v) is 17.0. The van der Waals surface area contributed by atoms with Crippen molar-refractivity contribution in [3.8, 4) is 0 Å². The van der Waals surface area contributed by atoms with Crippen molar-refractivity contribution in [2.45, 2.75) is 30.3 Å². The Morgan fingerprint density at radius 1 is 1.52 bits per heavy atom. The van der Waals surface area contributed by atoms with Crippen LogP contribution in [0.3, 0.4) is 0 Å². The summed E-state index contributed by atoms with van der Waals surface area (Å²) in [4.78, 5) is 17.0. The highest BCUT2D eigenvalue weighted by atomic mass is 35.5. The van der Waals surface area contributed by atoms with Crippen LogP contribution in [0.4, 0.5) is 0 Å². The summed E-state index contributed by atoms with van der Waals surface area (Å²) < 4.78 is 27.9. The van der Waals surface area contributed by atoms with Gasteiger partial charge in [-0.25, -0.2) is 8.42 Å². The molecule has 0 bridgehead atoms. The summed E-state index contributed by atoms with van der Waals surface area (Å²) in [7, 11) is -1.53. The van der Waals surface area contributed by atoms with Crippen LogP contribution in [0.2, 0.25) is 5.02 Å². The van der Waals surface area contributed by atoms with E-state index in [2.05, 4.69) is 15.5 Å². The second-order valence-corrected chi connectivity index (χ2v) is 8.67. The molecule has 1 aliphatic rings. The number of carbonyl (C=O) groups excluding carboxylic acids is 1. The number of amides is 1. The summed E-state index contributed by atoms with van der Waals surface area (Å²) in [6.45, 7) is 0.158. The van der Waals surface area contributed by atoms with Crippen LogP contribution in [0.15, 0.2) is 23.1 Å². The van der Waals surface area contributed by atoms with E-state index in [-0.39, 0.29) is 22.0 Å². The fourth-order valence-corrected chi connectivity index (χ4v) is 4.29. The van der Waals surface area contributed by atoms with Crippen molar-refractivity contribution >= 4 is 39.7 Å². The topological polar surface area (TPSA) is 109 Å². The van der Waals surface area contributed by atoms with Gasteiger partial charge in [0.2, 0.25) is 0 Å². The summed E-state index contributed by atoms with van der Waals surface area (Å²) >= 11 is 11.2. The van der Waals surface area contributed by atoms with Crippen LogP contribution < -0.4 is 5.32 Å². The number of aromatic nitrogens is 3.